The fourth-order valence-corrected chi connectivity index (χ4v) is 1.56. The molecule has 0 unspecified atom stereocenters. The molecular weight excluding hydrogens is 308 g/mol. The molecule has 1 amide bonds. The monoisotopic (exact) mass is 338 g/mol. The van der Waals surface area contributed by atoms with Crippen molar-refractivity contribution in [1.82, 2.24) is 5.32 Å². The molecule has 6 nitrogen and oxygen atoms in total. The number of carbonyl (C=O) groups excluding carboxylic acids is 2. The molecule has 0 aromatic heterocycles. The van der Waals surface area contributed by atoms with Crippen LogP contribution in [0.2, 0.25) is 0 Å². The summed E-state index contributed by atoms with van der Waals surface area (Å²) in [6.45, 7) is 11.2. The van der Waals surface area contributed by atoms with Gasteiger partial charge in [-0.2, -0.15) is 0 Å². The molecule has 0 aliphatic rings. The Hall–Kier alpha value is -1.01. The van der Waals surface area contributed by atoms with E-state index in [0.717, 1.165) is 12.8 Å². The van der Waals surface area contributed by atoms with E-state index >= 15 is 0 Å². The summed E-state index contributed by atoms with van der Waals surface area (Å²) in [5.41, 5.74) is 4.24. The first-order valence-corrected chi connectivity index (χ1v) is 7.37. The topological polar surface area (TPSA) is 90.6 Å². The number of nitrogens with one attached hydrogen (secondary N) is 1. The van der Waals surface area contributed by atoms with Crippen LogP contribution in [0.5, 0.6) is 0 Å². The number of alkyl carbamates (subject to hydrolysis) is 1. The lowest BCUT2D eigenvalue weighted by atomic mass is 10.1. The molecule has 0 heterocycles. The van der Waals surface area contributed by atoms with Crippen molar-refractivity contribution in [3.63, 3.8) is 0 Å². The molecule has 0 saturated carbocycles. The maximum absolute atomic E-state index is 12.1. The van der Waals surface area contributed by atoms with Gasteiger partial charge >= 0.3 is 12.1 Å². The van der Waals surface area contributed by atoms with E-state index < -0.39 is 29.3 Å². The summed E-state index contributed by atoms with van der Waals surface area (Å²) >= 11 is 0. The lowest BCUT2D eigenvalue weighted by Crippen LogP contribution is -2.46. The third-order valence-electron chi connectivity index (χ3n) is 2.33. The molecule has 0 aliphatic carbocycles. The number of amides is 1. The van der Waals surface area contributed by atoms with Crippen LogP contribution in [0.15, 0.2) is 0 Å². The van der Waals surface area contributed by atoms with Gasteiger partial charge in [0.1, 0.15) is 17.2 Å². The molecule has 0 spiro atoms. The van der Waals surface area contributed by atoms with Crippen molar-refractivity contribution in [2.24, 2.45) is 5.73 Å². The molecule has 0 aromatic rings. The molecule has 0 radical (unpaired) electrons. The van der Waals surface area contributed by atoms with Gasteiger partial charge in [-0.1, -0.05) is 0 Å². The molecule has 22 heavy (non-hydrogen) atoms. The smallest absolute Gasteiger partial charge is 0.408 e. The van der Waals surface area contributed by atoms with E-state index in [1.54, 1.807) is 41.5 Å². The first kappa shape index (κ1) is 23.3. The second-order valence-electron chi connectivity index (χ2n) is 7.02. The van der Waals surface area contributed by atoms with Crippen LogP contribution in [-0.4, -0.2) is 35.9 Å². The van der Waals surface area contributed by atoms with Gasteiger partial charge in [0.05, 0.1) is 0 Å². The van der Waals surface area contributed by atoms with Crippen molar-refractivity contribution in [2.75, 3.05) is 6.54 Å². The highest BCUT2D eigenvalue weighted by atomic mass is 35.5. The van der Waals surface area contributed by atoms with E-state index in [1.807, 2.05) is 0 Å². The highest BCUT2D eigenvalue weighted by Crippen LogP contribution is 2.13. The normalized spacial score (nSPS) is 12.9. The van der Waals surface area contributed by atoms with Gasteiger partial charge in [0.2, 0.25) is 0 Å². The second-order valence-corrected chi connectivity index (χ2v) is 7.02. The molecule has 7 heteroatoms. The summed E-state index contributed by atoms with van der Waals surface area (Å²) in [7, 11) is 0. The lowest BCUT2D eigenvalue weighted by molar-refractivity contribution is -0.157. The van der Waals surface area contributed by atoms with Crippen LogP contribution in [0.4, 0.5) is 4.79 Å². The fourth-order valence-electron chi connectivity index (χ4n) is 1.56. The van der Waals surface area contributed by atoms with Crippen molar-refractivity contribution in [1.29, 1.82) is 0 Å². The Morgan fingerprint density at radius 3 is 1.91 bits per heavy atom. The fraction of sp³-hybridized carbons (Fsp3) is 0.867. The first-order chi connectivity index (χ1) is 9.44. The van der Waals surface area contributed by atoms with E-state index in [9.17, 15) is 9.59 Å². The Morgan fingerprint density at radius 2 is 1.50 bits per heavy atom. The molecule has 0 saturated heterocycles. The Kier molecular flexibility index (Phi) is 10.5. The molecule has 0 rings (SSSR count). The zero-order valence-corrected chi connectivity index (χ0v) is 15.3. The number of unbranched alkanes of at least 4 members (excludes halogenated alkanes) is 1. The quantitative estimate of drug-likeness (QED) is 0.574. The van der Waals surface area contributed by atoms with Crippen LogP contribution >= 0.6 is 12.4 Å². The van der Waals surface area contributed by atoms with Crippen molar-refractivity contribution < 1.29 is 19.1 Å². The Morgan fingerprint density at radius 1 is 1.00 bits per heavy atom. The maximum atomic E-state index is 12.1. The summed E-state index contributed by atoms with van der Waals surface area (Å²) in [6, 6.07) is -0.717. The molecule has 1 atom stereocenters. The number of hydrogen-bond acceptors (Lipinski definition) is 5. The van der Waals surface area contributed by atoms with Crippen LogP contribution < -0.4 is 11.1 Å². The number of ether oxygens (including phenoxy) is 2. The highest BCUT2D eigenvalue weighted by Gasteiger charge is 2.28. The van der Waals surface area contributed by atoms with E-state index in [4.69, 9.17) is 15.2 Å². The number of rotatable bonds is 6. The van der Waals surface area contributed by atoms with Crippen LogP contribution in [0.1, 0.15) is 60.8 Å². The summed E-state index contributed by atoms with van der Waals surface area (Å²) in [6.07, 6.45) is 1.38. The van der Waals surface area contributed by atoms with E-state index in [1.165, 1.54) is 0 Å². The average molecular weight is 339 g/mol. The molecule has 0 bridgehead atoms. The lowest BCUT2D eigenvalue weighted by Gasteiger charge is -2.26. The minimum absolute atomic E-state index is 0. The second kappa shape index (κ2) is 9.90. The average Bonchev–Trinajstić information content (AvgIpc) is 2.22. The van der Waals surface area contributed by atoms with Crippen molar-refractivity contribution in [3.8, 4) is 0 Å². The Bertz CT molecular complexity index is 348. The van der Waals surface area contributed by atoms with E-state index in [0.29, 0.717) is 13.0 Å². The third-order valence-corrected chi connectivity index (χ3v) is 2.33. The van der Waals surface area contributed by atoms with Crippen LogP contribution in [-0.2, 0) is 14.3 Å². The maximum Gasteiger partial charge on any atom is 0.408 e. The summed E-state index contributed by atoms with van der Waals surface area (Å²) in [5.74, 6) is -0.453. The van der Waals surface area contributed by atoms with Gasteiger partial charge < -0.3 is 20.5 Å². The molecule has 0 fully saturated rings. The predicted molar refractivity (Wildman–Crippen MR) is 89.2 cm³/mol. The zero-order chi connectivity index (χ0) is 16.7. The number of halogens is 1. The SMILES string of the molecule is CC(C)(C)OC(=O)N[C@H](CCCCN)C(=O)OC(C)(C)C.Cl. The molecule has 0 aliphatic heterocycles. The highest BCUT2D eigenvalue weighted by molar-refractivity contribution is 5.85. The van der Waals surface area contributed by atoms with Gasteiger partial charge in [0.15, 0.2) is 0 Å². The first-order valence-electron chi connectivity index (χ1n) is 7.37. The largest absolute Gasteiger partial charge is 0.458 e. The van der Waals surface area contributed by atoms with Gasteiger partial charge in [-0.05, 0) is 67.3 Å². The summed E-state index contributed by atoms with van der Waals surface area (Å²) in [4.78, 5) is 23.9. The number of nitrogens with two attached hydrogens (primary N) is 1. The number of esters is 1. The zero-order valence-electron chi connectivity index (χ0n) is 14.5. The van der Waals surface area contributed by atoms with Crippen LogP contribution in [0.3, 0.4) is 0 Å². The predicted octanol–water partition coefficient (Wildman–Crippen LogP) is 2.77. The molecular formula is C15H31ClN2O4. The van der Waals surface area contributed by atoms with Crippen LogP contribution in [0.25, 0.3) is 0 Å². The van der Waals surface area contributed by atoms with Gasteiger partial charge in [0, 0.05) is 0 Å². The van der Waals surface area contributed by atoms with Crippen molar-refractivity contribution >= 4 is 24.5 Å². The number of carbonyl (C=O) groups is 2. The summed E-state index contributed by atoms with van der Waals surface area (Å²) in [5, 5.41) is 2.58. The molecule has 3 N–H and O–H groups in total. The molecule has 0 aromatic carbocycles. The Balaban J connectivity index is 0. The van der Waals surface area contributed by atoms with Gasteiger partial charge in [0.25, 0.3) is 0 Å². The van der Waals surface area contributed by atoms with Gasteiger partial charge in [-0.3, -0.25) is 0 Å². The summed E-state index contributed by atoms with van der Waals surface area (Å²) < 4.78 is 10.5. The Labute approximate surface area is 139 Å². The van der Waals surface area contributed by atoms with Gasteiger partial charge in [-0.25, -0.2) is 9.59 Å². The van der Waals surface area contributed by atoms with Crippen molar-refractivity contribution in [3.05, 3.63) is 0 Å². The standard InChI is InChI=1S/C15H30N2O4.ClH/c1-14(2,3)20-12(18)11(9-7-8-10-16)17-13(19)21-15(4,5)6;/h11H,7-10,16H2,1-6H3,(H,17,19);1H/t11-;/m1./s1. The minimum atomic E-state index is -0.717. The van der Waals surface area contributed by atoms with E-state index in [-0.39, 0.29) is 12.4 Å². The minimum Gasteiger partial charge on any atom is -0.458 e. The van der Waals surface area contributed by atoms with Crippen LogP contribution in [0, 0.1) is 0 Å². The third kappa shape index (κ3) is 12.7. The van der Waals surface area contributed by atoms with Gasteiger partial charge in [-0.15, -0.1) is 12.4 Å². The molecule has 132 valence electrons. The number of hydrogen-bond donors (Lipinski definition) is 2. The van der Waals surface area contributed by atoms with Crippen molar-refractivity contribution in [2.45, 2.75) is 78.0 Å². The van der Waals surface area contributed by atoms with E-state index in [2.05, 4.69) is 5.32 Å².